The maximum atomic E-state index is 3.42. The maximum Gasteiger partial charge on any atom is 0.0529 e. The molecule has 0 aliphatic rings. The van der Waals surface area contributed by atoms with Crippen molar-refractivity contribution in [2.75, 3.05) is 0 Å². The molecule has 0 unspecified atom stereocenters. The Morgan fingerprint density at radius 1 is 0.300 bits per heavy atom. The Hall–Kier alpha value is -4.11. The summed E-state index contributed by atoms with van der Waals surface area (Å²) in [5, 5.41) is 10.1. The monoisotopic (exact) mass is 389 g/mol. The van der Waals surface area contributed by atoms with Crippen molar-refractivity contribution in [2.45, 2.75) is 0 Å². The predicted octanol–water partition coefficient (Wildman–Crippen LogP) is 6.58. The van der Waals surface area contributed by atoms with Crippen molar-refractivity contribution in [3.05, 3.63) is 140 Å². The fraction of sp³-hybridized carbons (Fsp3) is 0. The molecule has 0 spiro atoms. The molecule has 0 bridgehead atoms. The molecular formula is C27H23N3. The van der Waals surface area contributed by atoms with Gasteiger partial charge in [0.2, 0.25) is 0 Å². The fourth-order valence-electron chi connectivity index (χ4n) is 2.73. The Balaban J connectivity index is 0.000000136. The quantitative estimate of drug-likeness (QED) is 0.342. The molecule has 4 aromatic carbocycles. The van der Waals surface area contributed by atoms with Crippen LogP contribution < -0.4 is 0 Å². The lowest BCUT2D eigenvalue weighted by Gasteiger charge is -1.98. The topological polar surface area (TPSA) is 38.7 Å². The summed E-state index contributed by atoms with van der Waals surface area (Å²) in [6, 6.07) is 43.3. The molecular weight excluding hydrogens is 366 g/mol. The van der Waals surface area contributed by atoms with Gasteiger partial charge in [-0.2, -0.15) is 0 Å². The number of hydrogen-bond donors (Lipinski definition) is 0. The first kappa shape index (κ1) is 20.6. The van der Waals surface area contributed by atoms with Crippen LogP contribution in [-0.4, -0.2) is 15.4 Å². The minimum atomic E-state index is 1.28. The molecule has 1 heterocycles. The number of benzene rings is 4. The van der Waals surface area contributed by atoms with E-state index in [-0.39, 0.29) is 0 Å². The molecule has 0 fully saturated rings. The highest BCUT2D eigenvalue weighted by Gasteiger charge is 1.92. The van der Waals surface area contributed by atoms with Crippen LogP contribution in [0.4, 0.5) is 0 Å². The summed E-state index contributed by atoms with van der Waals surface area (Å²) in [5.74, 6) is 0. The van der Waals surface area contributed by atoms with Gasteiger partial charge in [-0.25, -0.2) is 0 Å². The van der Waals surface area contributed by atoms with Gasteiger partial charge < -0.3 is 0 Å². The average Bonchev–Trinajstić information content (AvgIpc) is 2.88. The predicted molar refractivity (Wildman–Crippen MR) is 124 cm³/mol. The molecule has 0 N–H and O–H groups in total. The Kier molecular flexibility index (Phi) is 8.50. The summed E-state index contributed by atoms with van der Waals surface area (Å²) in [7, 11) is 0. The zero-order chi connectivity index (χ0) is 20.7. The molecule has 5 aromatic rings. The van der Waals surface area contributed by atoms with Gasteiger partial charge in [-0.1, -0.05) is 121 Å². The fourth-order valence-corrected chi connectivity index (χ4v) is 2.73. The number of hydrogen-bond acceptors (Lipinski definition) is 3. The van der Waals surface area contributed by atoms with Gasteiger partial charge in [-0.15, -0.1) is 10.2 Å². The van der Waals surface area contributed by atoms with Crippen molar-refractivity contribution in [1.82, 2.24) is 15.4 Å². The molecule has 0 aliphatic heterocycles. The highest BCUT2D eigenvalue weighted by atomic mass is 15.3. The van der Waals surface area contributed by atoms with Crippen LogP contribution in [0.1, 0.15) is 0 Å². The molecule has 0 amide bonds. The second kappa shape index (κ2) is 12.4. The highest BCUT2D eigenvalue weighted by Crippen LogP contribution is 2.18. The van der Waals surface area contributed by atoms with E-state index in [0.29, 0.717) is 0 Å². The van der Waals surface area contributed by atoms with Crippen LogP contribution in [0.5, 0.6) is 0 Å². The zero-order valence-corrected chi connectivity index (χ0v) is 16.6. The van der Waals surface area contributed by atoms with Crippen LogP contribution in [0.2, 0.25) is 0 Å². The third-order valence-corrected chi connectivity index (χ3v) is 4.17. The van der Waals surface area contributed by atoms with Gasteiger partial charge in [0.1, 0.15) is 0 Å². The second-order valence-corrected chi connectivity index (χ2v) is 6.28. The smallest absolute Gasteiger partial charge is 0.0529 e. The van der Waals surface area contributed by atoms with Crippen molar-refractivity contribution < 1.29 is 0 Å². The van der Waals surface area contributed by atoms with Gasteiger partial charge in [-0.3, -0.25) is 0 Å². The van der Waals surface area contributed by atoms with E-state index in [1.165, 1.54) is 22.3 Å². The van der Waals surface area contributed by atoms with E-state index in [1.807, 2.05) is 24.3 Å². The Bertz CT molecular complexity index is 877. The van der Waals surface area contributed by atoms with E-state index in [1.54, 1.807) is 18.5 Å². The first-order chi connectivity index (χ1) is 14.9. The molecule has 3 heteroatoms. The van der Waals surface area contributed by atoms with E-state index in [0.717, 1.165) is 0 Å². The Morgan fingerprint density at radius 2 is 0.567 bits per heavy atom. The minimum Gasteiger partial charge on any atom is -0.139 e. The van der Waals surface area contributed by atoms with Gasteiger partial charge >= 0.3 is 0 Å². The van der Waals surface area contributed by atoms with Gasteiger partial charge in [-0.05, 0) is 33.5 Å². The van der Waals surface area contributed by atoms with Gasteiger partial charge in [0.15, 0.2) is 0 Å². The largest absolute Gasteiger partial charge is 0.139 e. The molecule has 0 aliphatic carbocycles. The van der Waals surface area contributed by atoms with Crippen LogP contribution in [0.15, 0.2) is 140 Å². The first-order valence-electron chi connectivity index (χ1n) is 9.73. The number of rotatable bonds is 2. The lowest BCUT2D eigenvalue weighted by molar-refractivity contribution is 0.865. The normalized spacial score (nSPS) is 9.33. The maximum absolute atomic E-state index is 3.42. The van der Waals surface area contributed by atoms with Crippen molar-refractivity contribution in [2.24, 2.45) is 0 Å². The molecule has 0 saturated carbocycles. The molecule has 146 valence electrons. The van der Waals surface area contributed by atoms with E-state index < -0.39 is 0 Å². The van der Waals surface area contributed by atoms with Crippen molar-refractivity contribution >= 4 is 0 Å². The minimum absolute atomic E-state index is 1.28. The van der Waals surface area contributed by atoms with Gasteiger partial charge in [0, 0.05) is 0 Å². The Labute approximate surface area is 177 Å². The average molecular weight is 390 g/mol. The SMILES string of the molecule is c1ccc(-c2ccccc2)cc1.c1ccc(-c2ccccc2)cc1.c1cnnnc1. The first-order valence-corrected chi connectivity index (χ1v) is 9.73. The third-order valence-electron chi connectivity index (χ3n) is 4.17. The lowest BCUT2D eigenvalue weighted by atomic mass is 10.1. The molecule has 1 aromatic heterocycles. The molecule has 0 radical (unpaired) electrons. The van der Waals surface area contributed by atoms with Crippen molar-refractivity contribution in [3.63, 3.8) is 0 Å². The summed E-state index contributed by atoms with van der Waals surface area (Å²) >= 11 is 0. The molecule has 3 nitrogen and oxygen atoms in total. The standard InChI is InChI=1S/2C12H10.C3H3N3/c2*1-3-7-11(8-4-1)12-9-5-2-6-10-12;1-2-4-6-5-3-1/h2*1-10H;1-3H. The molecule has 0 saturated heterocycles. The third kappa shape index (κ3) is 7.13. The van der Waals surface area contributed by atoms with Crippen LogP contribution in [-0.2, 0) is 0 Å². The summed E-state index contributed by atoms with van der Waals surface area (Å²) in [5.41, 5.74) is 5.10. The van der Waals surface area contributed by atoms with Crippen molar-refractivity contribution in [1.29, 1.82) is 0 Å². The van der Waals surface area contributed by atoms with E-state index in [4.69, 9.17) is 0 Å². The summed E-state index contributed by atoms with van der Waals surface area (Å²) < 4.78 is 0. The molecule has 5 rings (SSSR count). The number of nitrogens with zero attached hydrogens (tertiary/aromatic N) is 3. The Morgan fingerprint density at radius 3 is 0.733 bits per heavy atom. The highest BCUT2D eigenvalue weighted by molar-refractivity contribution is 5.63. The van der Waals surface area contributed by atoms with Crippen LogP contribution in [0, 0.1) is 0 Å². The zero-order valence-electron chi connectivity index (χ0n) is 16.6. The van der Waals surface area contributed by atoms with Gasteiger partial charge in [0.25, 0.3) is 0 Å². The van der Waals surface area contributed by atoms with Crippen LogP contribution >= 0.6 is 0 Å². The van der Waals surface area contributed by atoms with E-state index in [9.17, 15) is 0 Å². The van der Waals surface area contributed by atoms with E-state index in [2.05, 4.69) is 112 Å². The van der Waals surface area contributed by atoms with Crippen LogP contribution in [0.3, 0.4) is 0 Å². The summed E-state index contributed by atoms with van der Waals surface area (Å²) in [6.07, 6.45) is 3.15. The second-order valence-electron chi connectivity index (χ2n) is 6.28. The number of aromatic nitrogens is 3. The summed E-state index contributed by atoms with van der Waals surface area (Å²) in [4.78, 5) is 0. The van der Waals surface area contributed by atoms with E-state index >= 15 is 0 Å². The summed E-state index contributed by atoms with van der Waals surface area (Å²) in [6.45, 7) is 0. The van der Waals surface area contributed by atoms with Gasteiger partial charge in [0.05, 0.1) is 12.4 Å². The van der Waals surface area contributed by atoms with Crippen molar-refractivity contribution in [3.8, 4) is 22.3 Å². The molecule has 30 heavy (non-hydrogen) atoms. The van der Waals surface area contributed by atoms with Crippen LogP contribution in [0.25, 0.3) is 22.3 Å². The molecule has 0 atom stereocenters. The lowest BCUT2D eigenvalue weighted by Crippen LogP contribution is -1.78.